The van der Waals surface area contributed by atoms with Crippen molar-refractivity contribution in [1.82, 2.24) is 0 Å². The molecule has 0 heterocycles. The monoisotopic (exact) mass is 246 g/mol. The molecule has 0 aliphatic rings. The lowest BCUT2D eigenvalue weighted by Crippen LogP contribution is -2.02. The third kappa shape index (κ3) is 3.66. The Morgan fingerprint density at radius 1 is 1.39 bits per heavy atom. The average Bonchev–Trinajstić information content (AvgIpc) is 2.31. The number of hydrogen-bond donors (Lipinski definition) is 0. The lowest BCUT2D eigenvalue weighted by atomic mass is 9.98. The van der Waals surface area contributed by atoms with Gasteiger partial charge in [0.15, 0.2) is 5.78 Å². The molecule has 0 unspecified atom stereocenters. The van der Waals surface area contributed by atoms with Crippen LogP contribution < -0.4 is 0 Å². The van der Waals surface area contributed by atoms with E-state index in [1.165, 1.54) is 6.07 Å². The standard InChI is InChI=1S/C16H19FO/c1-5-6-13-9-14(10-15(17)12(13)4)16(18)8-7-11(2)3/h5-6,9-10H,2,7-8H2,1,3-4H3/b6-5+. The summed E-state index contributed by atoms with van der Waals surface area (Å²) in [5.41, 5.74) is 2.73. The maximum absolute atomic E-state index is 13.7. The molecule has 0 aliphatic carbocycles. The van der Waals surface area contributed by atoms with Gasteiger partial charge in [0.05, 0.1) is 0 Å². The number of allylic oxidation sites excluding steroid dienone is 2. The quantitative estimate of drug-likeness (QED) is 0.543. The van der Waals surface area contributed by atoms with E-state index in [9.17, 15) is 9.18 Å². The Morgan fingerprint density at radius 2 is 2.06 bits per heavy atom. The normalized spacial score (nSPS) is 10.9. The summed E-state index contributed by atoms with van der Waals surface area (Å²) in [5, 5.41) is 0. The molecule has 1 aromatic rings. The number of hydrogen-bond acceptors (Lipinski definition) is 1. The van der Waals surface area contributed by atoms with E-state index < -0.39 is 0 Å². The molecule has 0 spiro atoms. The van der Waals surface area contributed by atoms with Gasteiger partial charge in [0.2, 0.25) is 0 Å². The van der Waals surface area contributed by atoms with Crippen molar-refractivity contribution in [2.45, 2.75) is 33.6 Å². The van der Waals surface area contributed by atoms with Crippen LogP contribution in [0.15, 0.2) is 30.4 Å². The number of benzene rings is 1. The highest BCUT2D eigenvalue weighted by atomic mass is 19.1. The molecule has 0 atom stereocenters. The first-order chi connectivity index (χ1) is 8.45. The fourth-order valence-corrected chi connectivity index (χ4v) is 1.69. The van der Waals surface area contributed by atoms with Crippen LogP contribution in [-0.2, 0) is 0 Å². The van der Waals surface area contributed by atoms with Gasteiger partial charge in [0, 0.05) is 12.0 Å². The van der Waals surface area contributed by atoms with Crippen LogP contribution in [0.2, 0.25) is 0 Å². The first-order valence-electron chi connectivity index (χ1n) is 6.06. The summed E-state index contributed by atoms with van der Waals surface area (Å²) < 4.78 is 13.7. The van der Waals surface area contributed by atoms with Gasteiger partial charge in [-0.15, -0.1) is 6.58 Å². The molecular formula is C16H19FO. The number of carbonyl (C=O) groups is 1. The van der Waals surface area contributed by atoms with Crippen LogP contribution in [0.25, 0.3) is 6.08 Å². The van der Waals surface area contributed by atoms with E-state index >= 15 is 0 Å². The lowest BCUT2D eigenvalue weighted by Gasteiger charge is -2.07. The van der Waals surface area contributed by atoms with Crippen molar-refractivity contribution in [2.24, 2.45) is 0 Å². The van der Waals surface area contributed by atoms with Crippen LogP contribution in [-0.4, -0.2) is 5.78 Å². The third-order valence-electron chi connectivity index (χ3n) is 2.83. The molecule has 0 saturated carbocycles. The number of carbonyl (C=O) groups excluding carboxylic acids is 1. The van der Waals surface area contributed by atoms with Gasteiger partial charge in [-0.25, -0.2) is 4.39 Å². The van der Waals surface area contributed by atoms with Gasteiger partial charge in [-0.3, -0.25) is 4.79 Å². The summed E-state index contributed by atoms with van der Waals surface area (Å²) in [7, 11) is 0. The fourth-order valence-electron chi connectivity index (χ4n) is 1.69. The zero-order valence-electron chi connectivity index (χ0n) is 11.2. The SMILES string of the molecule is C=C(C)CCC(=O)c1cc(F)c(C)c(/C=C/C)c1. The largest absolute Gasteiger partial charge is 0.294 e. The molecule has 0 aliphatic heterocycles. The van der Waals surface area contributed by atoms with E-state index in [-0.39, 0.29) is 11.6 Å². The maximum Gasteiger partial charge on any atom is 0.163 e. The van der Waals surface area contributed by atoms with E-state index in [0.717, 1.165) is 11.1 Å². The maximum atomic E-state index is 13.7. The molecule has 0 N–H and O–H groups in total. The van der Waals surface area contributed by atoms with E-state index in [1.54, 1.807) is 13.0 Å². The van der Waals surface area contributed by atoms with Crippen molar-refractivity contribution in [1.29, 1.82) is 0 Å². The average molecular weight is 246 g/mol. The second-order valence-corrected chi connectivity index (χ2v) is 4.55. The van der Waals surface area contributed by atoms with Crippen molar-refractivity contribution >= 4 is 11.9 Å². The van der Waals surface area contributed by atoms with Gasteiger partial charge < -0.3 is 0 Å². The van der Waals surface area contributed by atoms with Gasteiger partial charge >= 0.3 is 0 Å². The molecule has 0 radical (unpaired) electrons. The molecule has 96 valence electrons. The molecule has 1 nitrogen and oxygen atoms in total. The van der Waals surface area contributed by atoms with Crippen molar-refractivity contribution in [3.63, 3.8) is 0 Å². The molecule has 0 amide bonds. The van der Waals surface area contributed by atoms with E-state index in [4.69, 9.17) is 0 Å². The van der Waals surface area contributed by atoms with Crippen molar-refractivity contribution in [3.05, 3.63) is 52.9 Å². The number of halogens is 1. The Labute approximate surface area is 108 Å². The molecule has 0 aromatic heterocycles. The van der Waals surface area contributed by atoms with Gasteiger partial charge in [-0.2, -0.15) is 0 Å². The van der Waals surface area contributed by atoms with Gasteiger partial charge in [0.25, 0.3) is 0 Å². The molecule has 2 heteroatoms. The van der Waals surface area contributed by atoms with Gasteiger partial charge in [-0.1, -0.05) is 17.7 Å². The lowest BCUT2D eigenvalue weighted by molar-refractivity contribution is 0.0982. The Hall–Kier alpha value is -1.70. The van der Waals surface area contributed by atoms with Gasteiger partial charge in [-0.05, 0) is 50.5 Å². The minimum atomic E-state index is -0.329. The summed E-state index contributed by atoms with van der Waals surface area (Å²) >= 11 is 0. The topological polar surface area (TPSA) is 17.1 Å². The zero-order valence-corrected chi connectivity index (χ0v) is 11.2. The minimum Gasteiger partial charge on any atom is -0.294 e. The zero-order chi connectivity index (χ0) is 13.7. The third-order valence-corrected chi connectivity index (χ3v) is 2.83. The van der Waals surface area contributed by atoms with Crippen molar-refractivity contribution < 1.29 is 9.18 Å². The summed E-state index contributed by atoms with van der Waals surface area (Å²) in [6, 6.07) is 3.07. The van der Waals surface area contributed by atoms with Crippen LogP contribution in [0, 0.1) is 12.7 Å². The first-order valence-corrected chi connectivity index (χ1v) is 6.06. The predicted molar refractivity (Wildman–Crippen MR) is 74.2 cm³/mol. The second kappa shape index (κ2) is 6.29. The highest BCUT2D eigenvalue weighted by Gasteiger charge is 2.11. The van der Waals surface area contributed by atoms with Crippen LogP contribution in [0.4, 0.5) is 4.39 Å². The van der Waals surface area contributed by atoms with Crippen LogP contribution in [0.5, 0.6) is 0 Å². The smallest absolute Gasteiger partial charge is 0.163 e. The van der Waals surface area contributed by atoms with Crippen LogP contribution in [0.3, 0.4) is 0 Å². The molecule has 0 fully saturated rings. The fraction of sp³-hybridized carbons (Fsp3) is 0.312. The van der Waals surface area contributed by atoms with Crippen molar-refractivity contribution in [3.8, 4) is 0 Å². The van der Waals surface area contributed by atoms with E-state index in [0.29, 0.717) is 24.0 Å². The Morgan fingerprint density at radius 3 is 2.61 bits per heavy atom. The molecular weight excluding hydrogens is 227 g/mol. The Kier molecular flexibility index (Phi) is 5.02. The summed E-state index contributed by atoms with van der Waals surface area (Å²) in [4.78, 5) is 11.9. The molecule has 18 heavy (non-hydrogen) atoms. The van der Waals surface area contributed by atoms with Crippen LogP contribution in [0.1, 0.15) is 48.2 Å². The van der Waals surface area contributed by atoms with E-state index in [2.05, 4.69) is 6.58 Å². The summed E-state index contributed by atoms with van der Waals surface area (Å²) in [5.74, 6) is -0.369. The summed E-state index contributed by atoms with van der Waals surface area (Å²) in [6.45, 7) is 9.23. The predicted octanol–water partition coefficient (Wildman–Crippen LogP) is 4.71. The highest BCUT2D eigenvalue weighted by Crippen LogP contribution is 2.19. The van der Waals surface area contributed by atoms with E-state index in [1.807, 2.05) is 26.0 Å². The highest BCUT2D eigenvalue weighted by molar-refractivity contribution is 5.96. The number of Topliss-reactive ketones (excluding diaryl/α,β-unsaturated/α-hetero) is 1. The Balaban J connectivity index is 3.03. The molecule has 1 aromatic carbocycles. The van der Waals surface area contributed by atoms with Crippen molar-refractivity contribution in [2.75, 3.05) is 0 Å². The van der Waals surface area contributed by atoms with Crippen LogP contribution >= 0.6 is 0 Å². The first kappa shape index (κ1) is 14.4. The molecule has 0 saturated heterocycles. The summed E-state index contributed by atoms with van der Waals surface area (Å²) in [6.07, 6.45) is 4.68. The minimum absolute atomic E-state index is 0.0392. The molecule has 1 rings (SSSR count). The number of ketones is 1. The van der Waals surface area contributed by atoms with Gasteiger partial charge in [0.1, 0.15) is 5.82 Å². The molecule has 0 bridgehead atoms. The second-order valence-electron chi connectivity index (χ2n) is 4.55. The Bertz CT molecular complexity index is 498. The number of rotatable bonds is 5.